The van der Waals surface area contributed by atoms with Gasteiger partial charge in [0, 0.05) is 27.1 Å². The molecule has 1 aliphatic carbocycles. The highest BCUT2D eigenvalue weighted by atomic mass is 16.3. The lowest BCUT2D eigenvalue weighted by Gasteiger charge is -2.44. The lowest BCUT2D eigenvalue weighted by molar-refractivity contribution is 0.125. The van der Waals surface area contributed by atoms with E-state index in [0.717, 1.165) is 16.6 Å². The van der Waals surface area contributed by atoms with Crippen molar-refractivity contribution in [1.82, 2.24) is 4.57 Å². The van der Waals surface area contributed by atoms with Crippen LogP contribution in [0.4, 0.5) is 0 Å². The number of fused-ring (bicyclic) bond motifs is 4. The first-order valence-corrected chi connectivity index (χ1v) is 17.5. The molecule has 0 amide bonds. The maximum atomic E-state index is 6.67. The van der Waals surface area contributed by atoms with Crippen molar-refractivity contribution in [1.29, 1.82) is 0 Å². The number of benzene rings is 7. The molecule has 0 saturated heterocycles. The highest BCUT2D eigenvalue weighted by molar-refractivity contribution is 6.24. The normalized spacial score (nSPS) is 16.4. The molecule has 9 aromatic rings. The van der Waals surface area contributed by atoms with Crippen LogP contribution in [0.3, 0.4) is 0 Å². The molecule has 0 N–H and O–H groups in total. The molecule has 10 rings (SSSR count). The number of hydrogen-bond acceptors (Lipinski definition) is 1. The second-order valence-corrected chi connectivity index (χ2v) is 15.8. The molecule has 0 aliphatic heterocycles. The fourth-order valence-electron chi connectivity index (χ4n) is 9.22. The quantitative estimate of drug-likeness (QED) is 0.177. The molecule has 2 nitrogen and oxygen atoms in total. The molecule has 0 bridgehead atoms. The Morgan fingerprint density at radius 1 is 0.469 bits per heavy atom. The Labute approximate surface area is 286 Å². The summed E-state index contributed by atoms with van der Waals surface area (Å²) in [6.45, 7) is 14.6. The largest absolute Gasteiger partial charge is 0.456 e. The third-order valence-electron chi connectivity index (χ3n) is 13.1. The Balaban J connectivity index is 1.30. The summed E-state index contributed by atoms with van der Waals surface area (Å²) in [6.07, 6.45) is 0. The summed E-state index contributed by atoms with van der Waals surface area (Å²) in [5.74, 6) is 0. The minimum Gasteiger partial charge on any atom is -0.456 e. The third-order valence-corrected chi connectivity index (χ3v) is 13.1. The molecule has 49 heavy (non-hydrogen) atoms. The van der Waals surface area contributed by atoms with Gasteiger partial charge in [-0.1, -0.05) is 126 Å². The van der Waals surface area contributed by atoms with Crippen LogP contribution in [0.5, 0.6) is 0 Å². The minimum atomic E-state index is -0.0275. The van der Waals surface area contributed by atoms with E-state index >= 15 is 0 Å². The van der Waals surface area contributed by atoms with Gasteiger partial charge in [0.25, 0.3) is 0 Å². The molecule has 1 aliphatic rings. The number of rotatable bonds is 3. The number of hydrogen-bond donors (Lipinski definition) is 0. The van der Waals surface area contributed by atoms with Crippen molar-refractivity contribution in [3.8, 4) is 27.9 Å². The van der Waals surface area contributed by atoms with Crippen LogP contribution in [0.1, 0.15) is 52.7 Å². The minimum absolute atomic E-state index is 0.0266. The van der Waals surface area contributed by atoms with Crippen LogP contribution < -0.4 is 0 Å². The van der Waals surface area contributed by atoms with Crippen LogP contribution >= 0.6 is 0 Å². The molecule has 238 valence electrons. The summed E-state index contributed by atoms with van der Waals surface area (Å²) in [5, 5.41) is 7.55. The SMILES string of the molecule is CC1(C)c2cc(-c3ccc4c(c3)oc3cccc(-c5ccccc5)c34)c(-n3c4cccc5ccc6cccc3c6c54)cc2C(C)(C)C1(C)C. The van der Waals surface area contributed by atoms with Crippen molar-refractivity contribution in [2.45, 2.75) is 52.4 Å². The van der Waals surface area contributed by atoms with E-state index in [4.69, 9.17) is 4.42 Å². The van der Waals surface area contributed by atoms with Crippen LogP contribution in [0.2, 0.25) is 0 Å². The molecule has 0 unspecified atom stereocenters. The number of furan rings is 1. The summed E-state index contributed by atoms with van der Waals surface area (Å²) in [6, 6.07) is 47.0. The molecule has 2 aromatic heterocycles. The van der Waals surface area contributed by atoms with Crippen molar-refractivity contribution in [2.24, 2.45) is 5.41 Å². The maximum absolute atomic E-state index is 6.67. The highest BCUT2D eigenvalue weighted by Gasteiger charge is 2.57. The number of nitrogens with zero attached hydrogens (tertiary/aromatic N) is 1. The van der Waals surface area contributed by atoms with E-state index in [9.17, 15) is 0 Å². The van der Waals surface area contributed by atoms with Crippen LogP contribution in [-0.4, -0.2) is 4.57 Å². The molecule has 0 fully saturated rings. The van der Waals surface area contributed by atoms with E-state index in [1.54, 1.807) is 0 Å². The average Bonchev–Trinajstić information content (AvgIpc) is 3.69. The second-order valence-electron chi connectivity index (χ2n) is 15.8. The van der Waals surface area contributed by atoms with Gasteiger partial charge in [-0.3, -0.25) is 0 Å². The molecule has 2 heterocycles. The first-order valence-electron chi connectivity index (χ1n) is 17.5. The Morgan fingerprint density at radius 2 is 1.10 bits per heavy atom. The first kappa shape index (κ1) is 28.7. The van der Waals surface area contributed by atoms with Gasteiger partial charge >= 0.3 is 0 Å². The van der Waals surface area contributed by atoms with Gasteiger partial charge in [0.2, 0.25) is 0 Å². The van der Waals surface area contributed by atoms with Crippen molar-refractivity contribution < 1.29 is 4.42 Å². The fraction of sp³-hybridized carbons (Fsp3) is 0.191. The topological polar surface area (TPSA) is 18.1 Å². The summed E-state index contributed by atoms with van der Waals surface area (Å²) in [7, 11) is 0. The van der Waals surface area contributed by atoms with E-state index in [-0.39, 0.29) is 16.2 Å². The highest BCUT2D eigenvalue weighted by Crippen LogP contribution is 2.62. The van der Waals surface area contributed by atoms with Crippen LogP contribution in [0.15, 0.2) is 132 Å². The van der Waals surface area contributed by atoms with Crippen molar-refractivity contribution in [2.75, 3.05) is 0 Å². The predicted molar refractivity (Wildman–Crippen MR) is 207 cm³/mol. The second kappa shape index (κ2) is 9.42. The molecule has 7 aromatic carbocycles. The molecule has 0 radical (unpaired) electrons. The molecular weight excluding hydrogens is 595 g/mol. The summed E-state index contributed by atoms with van der Waals surface area (Å²) < 4.78 is 9.20. The standard InChI is InChI=1S/C47H39NO/c1-45(2)35-26-34(31-23-24-33-41(25-31)49-40-20-12-17-32(44(33)40)28-13-8-7-9-14-28)39(27-36(35)46(3,4)47(45,5)6)48-37-18-10-15-29-21-22-30-16-11-19-38(48)43(30)42(29)37/h7-27H,1-6H3. The Bertz CT molecular complexity index is 2720. The van der Waals surface area contributed by atoms with Crippen molar-refractivity contribution in [3.63, 3.8) is 0 Å². The van der Waals surface area contributed by atoms with Crippen LogP contribution in [-0.2, 0) is 10.8 Å². The van der Waals surface area contributed by atoms with Crippen molar-refractivity contribution >= 4 is 54.5 Å². The van der Waals surface area contributed by atoms with Crippen molar-refractivity contribution in [3.05, 3.63) is 139 Å². The molecule has 0 spiro atoms. The zero-order valence-electron chi connectivity index (χ0n) is 29.0. The molecular formula is C47H39NO. The first-order chi connectivity index (χ1) is 23.6. The summed E-state index contributed by atoms with van der Waals surface area (Å²) in [4.78, 5) is 0. The van der Waals surface area contributed by atoms with Crippen LogP contribution in [0.25, 0.3) is 82.5 Å². The summed E-state index contributed by atoms with van der Waals surface area (Å²) >= 11 is 0. The van der Waals surface area contributed by atoms with Gasteiger partial charge in [0.1, 0.15) is 11.2 Å². The lowest BCUT2D eigenvalue weighted by Crippen LogP contribution is -2.42. The Morgan fingerprint density at radius 3 is 1.78 bits per heavy atom. The van der Waals surface area contributed by atoms with E-state index in [2.05, 4.69) is 174 Å². The van der Waals surface area contributed by atoms with Gasteiger partial charge in [-0.05, 0) is 97.3 Å². The van der Waals surface area contributed by atoms with Gasteiger partial charge in [0.05, 0.1) is 16.7 Å². The monoisotopic (exact) mass is 633 g/mol. The third kappa shape index (κ3) is 3.56. The Hall–Kier alpha value is -5.34. The molecule has 2 heteroatoms. The van der Waals surface area contributed by atoms with Crippen LogP contribution in [0, 0.1) is 5.41 Å². The van der Waals surface area contributed by atoms with Gasteiger partial charge in [-0.25, -0.2) is 0 Å². The number of aromatic nitrogens is 1. The zero-order valence-corrected chi connectivity index (χ0v) is 29.0. The maximum Gasteiger partial charge on any atom is 0.136 e. The average molecular weight is 634 g/mol. The van der Waals surface area contributed by atoms with E-state index < -0.39 is 0 Å². The predicted octanol–water partition coefficient (Wildman–Crippen LogP) is 13.2. The lowest BCUT2D eigenvalue weighted by atomic mass is 9.59. The molecule has 0 saturated carbocycles. The smallest absolute Gasteiger partial charge is 0.136 e. The van der Waals surface area contributed by atoms with Gasteiger partial charge < -0.3 is 8.98 Å². The van der Waals surface area contributed by atoms with Gasteiger partial charge in [-0.2, -0.15) is 0 Å². The summed E-state index contributed by atoms with van der Waals surface area (Å²) in [5.41, 5.74) is 13.2. The van der Waals surface area contributed by atoms with E-state index in [0.29, 0.717) is 0 Å². The molecule has 0 atom stereocenters. The zero-order chi connectivity index (χ0) is 33.4. The van der Waals surface area contributed by atoms with E-state index in [1.165, 1.54) is 77.0 Å². The van der Waals surface area contributed by atoms with Gasteiger partial charge in [-0.15, -0.1) is 0 Å². The van der Waals surface area contributed by atoms with Gasteiger partial charge in [0.15, 0.2) is 0 Å². The fourth-order valence-corrected chi connectivity index (χ4v) is 9.22. The Kier molecular flexibility index (Phi) is 5.51. The van der Waals surface area contributed by atoms with E-state index in [1.807, 2.05) is 0 Å².